The van der Waals surface area contributed by atoms with Crippen LogP contribution in [0.15, 0.2) is 40.8 Å². The molecule has 2 N–H and O–H groups in total. The lowest BCUT2D eigenvalue weighted by Crippen LogP contribution is -2.46. The van der Waals surface area contributed by atoms with Crippen LogP contribution in [0.4, 0.5) is 0 Å². The third-order valence-electron chi connectivity index (χ3n) is 3.87. The minimum atomic E-state index is -0.656. The fourth-order valence-corrected chi connectivity index (χ4v) is 2.47. The molecule has 6 nitrogen and oxygen atoms in total. The molecule has 0 fully saturated rings. The number of amides is 2. The fraction of sp³-hybridized carbons (Fsp3) is 0.211. The Morgan fingerprint density at radius 3 is 2.44 bits per heavy atom. The Morgan fingerprint density at radius 2 is 1.76 bits per heavy atom. The van der Waals surface area contributed by atoms with E-state index in [2.05, 4.69) is 10.9 Å². The number of nitriles is 1. The average Bonchev–Trinajstić information content (AvgIpc) is 2.96. The first-order valence-electron chi connectivity index (χ1n) is 7.78. The molecule has 25 heavy (non-hydrogen) atoms. The molecule has 0 aliphatic heterocycles. The lowest BCUT2D eigenvalue weighted by molar-refractivity contribution is -0.129. The number of fused-ring (bicyclic) bond motifs is 3. The third-order valence-corrected chi connectivity index (χ3v) is 3.87. The molecule has 1 heterocycles. The van der Waals surface area contributed by atoms with Gasteiger partial charge in [0.1, 0.15) is 22.8 Å². The summed E-state index contributed by atoms with van der Waals surface area (Å²) in [7, 11) is 0. The van der Waals surface area contributed by atoms with Crippen LogP contribution >= 0.6 is 0 Å². The van der Waals surface area contributed by atoms with Crippen molar-refractivity contribution in [1.82, 2.24) is 10.9 Å². The van der Waals surface area contributed by atoms with Gasteiger partial charge in [0, 0.05) is 16.2 Å². The normalized spacial score (nSPS) is 11.3. The Kier molecular flexibility index (Phi) is 3.93. The summed E-state index contributed by atoms with van der Waals surface area (Å²) in [6.07, 6.45) is 0. The van der Waals surface area contributed by atoms with Gasteiger partial charge in [-0.25, -0.2) is 0 Å². The summed E-state index contributed by atoms with van der Waals surface area (Å²) in [5, 5.41) is 10.9. The molecule has 1 aromatic heterocycles. The van der Waals surface area contributed by atoms with E-state index in [4.69, 9.17) is 4.42 Å². The molecule has 0 unspecified atom stereocenters. The van der Waals surface area contributed by atoms with Crippen molar-refractivity contribution in [3.8, 4) is 6.07 Å². The van der Waals surface area contributed by atoms with Crippen molar-refractivity contribution in [1.29, 1.82) is 5.26 Å². The number of hydrogen-bond donors (Lipinski definition) is 2. The molecule has 2 amide bonds. The van der Waals surface area contributed by atoms with Crippen molar-refractivity contribution in [2.24, 2.45) is 5.41 Å². The van der Waals surface area contributed by atoms with Crippen LogP contribution in [-0.4, -0.2) is 11.8 Å². The molecule has 2 aromatic carbocycles. The second-order valence-corrected chi connectivity index (χ2v) is 6.73. The molecular weight excluding hydrogens is 318 g/mol. The van der Waals surface area contributed by atoms with E-state index in [1.807, 2.05) is 24.3 Å². The summed E-state index contributed by atoms with van der Waals surface area (Å²) in [6, 6.07) is 12.7. The minimum absolute atomic E-state index is 0.102. The Bertz CT molecular complexity index is 1040. The summed E-state index contributed by atoms with van der Waals surface area (Å²) in [5.41, 5.74) is 5.32. The van der Waals surface area contributed by atoms with Gasteiger partial charge in [-0.15, -0.1) is 0 Å². The molecule has 0 saturated heterocycles. The average molecular weight is 335 g/mol. The van der Waals surface area contributed by atoms with Gasteiger partial charge in [-0.2, -0.15) is 5.26 Å². The topological polar surface area (TPSA) is 95.1 Å². The second kappa shape index (κ2) is 5.95. The standard InChI is InChI=1S/C19H17N3O3/c1-19(2,3)18(24)22-21-17(23)15-11(10-20)8-9-13-12-6-4-5-7-14(12)25-16(13)15/h4-9H,1-3H3,(H,21,23)(H,22,24). The maximum Gasteiger partial charge on any atom is 0.274 e. The van der Waals surface area contributed by atoms with Gasteiger partial charge in [0.15, 0.2) is 0 Å². The first kappa shape index (κ1) is 16.5. The summed E-state index contributed by atoms with van der Waals surface area (Å²) in [6.45, 7) is 5.19. The summed E-state index contributed by atoms with van der Waals surface area (Å²) < 4.78 is 5.80. The van der Waals surface area contributed by atoms with E-state index in [0.29, 0.717) is 11.2 Å². The van der Waals surface area contributed by atoms with E-state index >= 15 is 0 Å². The zero-order valence-electron chi connectivity index (χ0n) is 14.1. The van der Waals surface area contributed by atoms with Crippen molar-refractivity contribution in [3.05, 3.63) is 47.5 Å². The van der Waals surface area contributed by atoms with Crippen LogP contribution < -0.4 is 10.9 Å². The molecule has 0 saturated carbocycles. The van der Waals surface area contributed by atoms with Gasteiger partial charge in [-0.1, -0.05) is 39.0 Å². The minimum Gasteiger partial charge on any atom is -0.455 e. The highest BCUT2D eigenvalue weighted by atomic mass is 16.3. The van der Waals surface area contributed by atoms with Crippen LogP contribution in [0, 0.1) is 16.7 Å². The first-order valence-corrected chi connectivity index (χ1v) is 7.78. The molecular formula is C19H17N3O3. The molecule has 6 heteroatoms. The van der Waals surface area contributed by atoms with Gasteiger partial charge >= 0.3 is 0 Å². The number of carbonyl (C=O) groups excluding carboxylic acids is 2. The Morgan fingerprint density at radius 1 is 1.04 bits per heavy atom. The number of para-hydroxylation sites is 1. The van der Waals surface area contributed by atoms with Gasteiger partial charge in [0.25, 0.3) is 5.91 Å². The summed E-state index contributed by atoms with van der Waals surface area (Å²) >= 11 is 0. The van der Waals surface area contributed by atoms with Crippen LogP contribution in [0.2, 0.25) is 0 Å². The molecule has 3 aromatic rings. The van der Waals surface area contributed by atoms with E-state index in [1.54, 1.807) is 39.0 Å². The zero-order chi connectivity index (χ0) is 18.2. The lowest BCUT2D eigenvalue weighted by atomic mass is 9.96. The highest BCUT2D eigenvalue weighted by Gasteiger charge is 2.24. The highest BCUT2D eigenvalue weighted by molar-refractivity contribution is 6.14. The lowest BCUT2D eigenvalue weighted by Gasteiger charge is -2.18. The van der Waals surface area contributed by atoms with Crippen LogP contribution in [0.3, 0.4) is 0 Å². The van der Waals surface area contributed by atoms with Crippen molar-refractivity contribution in [2.75, 3.05) is 0 Å². The second-order valence-electron chi connectivity index (χ2n) is 6.73. The molecule has 3 rings (SSSR count). The maximum atomic E-state index is 12.6. The highest BCUT2D eigenvalue weighted by Crippen LogP contribution is 2.32. The number of hydrazine groups is 1. The molecule has 0 bridgehead atoms. The number of nitrogens with zero attached hydrogens (tertiary/aromatic N) is 1. The molecule has 0 aliphatic carbocycles. The zero-order valence-corrected chi connectivity index (χ0v) is 14.1. The summed E-state index contributed by atoms with van der Waals surface area (Å²) in [4.78, 5) is 24.6. The smallest absolute Gasteiger partial charge is 0.274 e. The molecule has 0 atom stereocenters. The number of benzene rings is 2. The van der Waals surface area contributed by atoms with Gasteiger partial charge in [-0.05, 0) is 18.2 Å². The molecule has 0 spiro atoms. The third kappa shape index (κ3) is 2.92. The van der Waals surface area contributed by atoms with Crippen LogP contribution in [-0.2, 0) is 4.79 Å². The number of rotatable bonds is 1. The van der Waals surface area contributed by atoms with Crippen molar-refractivity contribution >= 4 is 33.8 Å². The van der Waals surface area contributed by atoms with Crippen LogP contribution in [0.1, 0.15) is 36.7 Å². The molecule has 126 valence electrons. The predicted octanol–water partition coefficient (Wildman–Crippen LogP) is 3.26. The quantitative estimate of drug-likeness (QED) is 0.667. The summed E-state index contributed by atoms with van der Waals surface area (Å²) in [5.74, 6) is -0.935. The van der Waals surface area contributed by atoms with Crippen molar-refractivity contribution in [3.63, 3.8) is 0 Å². The van der Waals surface area contributed by atoms with Gasteiger partial charge in [0.05, 0.1) is 5.56 Å². The van der Waals surface area contributed by atoms with Crippen LogP contribution in [0.5, 0.6) is 0 Å². The SMILES string of the molecule is CC(C)(C)C(=O)NNC(=O)c1c(C#N)ccc2c1oc1ccccc12. The Balaban J connectivity index is 2.06. The Hall–Kier alpha value is -3.33. The number of hydrogen-bond acceptors (Lipinski definition) is 4. The number of nitrogens with one attached hydrogen (secondary N) is 2. The van der Waals surface area contributed by atoms with Gasteiger partial charge < -0.3 is 4.42 Å². The first-order chi connectivity index (χ1) is 11.8. The van der Waals surface area contributed by atoms with E-state index in [0.717, 1.165) is 10.8 Å². The van der Waals surface area contributed by atoms with Gasteiger partial charge in [0.2, 0.25) is 5.91 Å². The monoisotopic (exact) mass is 335 g/mol. The van der Waals surface area contributed by atoms with E-state index in [-0.39, 0.29) is 17.0 Å². The maximum absolute atomic E-state index is 12.6. The fourth-order valence-electron chi connectivity index (χ4n) is 2.47. The van der Waals surface area contributed by atoms with E-state index in [9.17, 15) is 14.9 Å². The number of furan rings is 1. The predicted molar refractivity (Wildman–Crippen MR) is 93.5 cm³/mol. The molecule has 0 aliphatic rings. The van der Waals surface area contributed by atoms with E-state index < -0.39 is 11.3 Å². The van der Waals surface area contributed by atoms with Crippen LogP contribution in [0.25, 0.3) is 21.9 Å². The Labute approximate surface area is 144 Å². The van der Waals surface area contributed by atoms with Crippen molar-refractivity contribution < 1.29 is 14.0 Å². The van der Waals surface area contributed by atoms with Crippen molar-refractivity contribution in [2.45, 2.75) is 20.8 Å². The number of carbonyl (C=O) groups is 2. The largest absolute Gasteiger partial charge is 0.455 e. The van der Waals surface area contributed by atoms with E-state index in [1.165, 1.54) is 0 Å². The van der Waals surface area contributed by atoms with Gasteiger partial charge in [-0.3, -0.25) is 20.4 Å². The molecule has 0 radical (unpaired) electrons.